The maximum absolute atomic E-state index is 4.11. The van der Waals surface area contributed by atoms with E-state index >= 15 is 0 Å². The molecular weight excluding hydrogens is 194 g/mol. The monoisotopic (exact) mass is 208 g/mol. The Morgan fingerprint density at radius 2 is 1.25 bits per heavy atom. The van der Waals surface area contributed by atoms with Gasteiger partial charge in [0.15, 0.2) is 0 Å². The lowest BCUT2D eigenvalue weighted by molar-refractivity contribution is 1.15. The normalized spacial score (nSPS) is 12.5. The maximum Gasteiger partial charge on any atom is 0.218 e. The molecular formula is C15H14N+. The number of fused-ring (bicyclic) bond motifs is 3. The number of nitrogens with zero attached hydrogens (tertiary/aromatic N) is 1. The molecule has 0 radical (unpaired) electrons. The minimum atomic E-state index is 1.20. The summed E-state index contributed by atoms with van der Waals surface area (Å²) < 4.78 is 2.02. The molecule has 0 bridgehead atoms. The fourth-order valence-electron chi connectivity index (χ4n) is 2.33. The van der Waals surface area contributed by atoms with Gasteiger partial charge in [0.25, 0.3) is 0 Å². The van der Waals surface area contributed by atoms with E-state index in [0.29, 0.717) is 0 Å². The first kappa shape index (κ1) is 9.34. The lowest BCUT2D eigenvalue weighted by Crippen LogP contribution is -1.94. The molecule has 0 unspecified atom stereocenters. The van der Waals surface area contributed by atoms with Gasteiger partial charge in [0.05, 0.1) is 11.1 Å². The SMILES string of the molecule is C=[N+]1c2ccc(C)cc2-c2cc(C)ccc21. The highest BCUT2D eigenvalue weighted by atomic mass is 15.0. The number of aryl methyl sites for hydroxylation is 2. The molecule has 0 saturated heterocycles. The molecule has 0 N–H and O–H groups in total. The van der Waals surface area contributed by atoms with Gasteiger partial charge in [-0.3, -0.25) is 0 Å². The molecule has 0 amide bonds. The molecule has 1 heterocycles. The summed E-state index contributed by atoms with van der Waals surface area (Å²) in [5, 5.41) is 0. The Kier molecular flexibility index (Phi) is 1.78. The highest BCUT2D eigenvalue weighted by molar-refractivity contribution is 5.94. The van der Waals surface area contributed by atoms with Gasteiger partial charge >= 0.3 is 0 Å². The van der Waals surface area contributed by atoms with Crippen molar-refractivity contribution in [2.24, 2.45) is 0 Å². The molecule has 1 aliphatic heterocycles. The lowest BCUT2D eigenvalue weighted by atomic mass is 10.0. The average Bonchev–Trinajstić information content (AvgIpc) is 2.52. The molecule has 0 spiro atoms. The van der Waals surface area contributed by atoms with Crippen LogP contribution in [-0.2, 0) is 0 Å². The van der Waals surface area contributed by atoms with Crippen LogP contribution in [0.25, 0.3) is 11.1 Å². The molecule has 0 fully saturated rings. The average molecular weight is 208 g/mol. The van der Waals surface area contributed by atoms with Crippen LogP contribution in [0, 0.1) is 13.8 Å². The molecule has 0 aliphatic carbocycles. The first-order valence-electron chi connectivity index (χ1n) is 5.49. The fraction of sp³-hybridized carbons (Fsp3) is 0.133. The zero-order chi connectivity index (χ0) is 11.3. The summed E-state index contributed by atoms with van der Waals surface area (Å²) in [7, 11) is 0. The van der Waals surface area contributed by atoms with E-state index in [1.54, 1.807) is 0 Å². The molecule has 2 aromatic carbocycles. The molecule has 0 saturated carbocycles. The third-order valence-corrected chi connectivity index (χ3v) is 3.18. The molecule has 1 nitrogen and oxygen atoms in total. The van der Waals surface area contributed by atoms with Gasteiger partial charge < -0.3 is 0 Å². The quantitative estimate of drug-likeness (QED) is 0.494. The van der Waals surface area contributed by atoms with E-state index in [2.05, 4.69) is 57.0 Å². The summed E-state index contributed by atoms with van der Waals surface area (Å²) in [6, 6.07) is 13.0. The van der Waals surface area contributed by atoms with Gasteiger partial charge in [0.2, 0.25) is 11.4 Å². The van der Waals surface area contributed by atoms with Gasteiger partial charge in [-0.25, -0.2) is 0 Å². The largest absolute Gasteiger partial charge is 0.218 e. The molecule has 0 atom stereocenters. The van der Waals surface area contributed by atoms with Crippen LogP contribution in [0.3, 0.4) is 0 Å². The molecule has 3 rings (SSSR count). The van der Waals surface area contributed by atoms with E-state index in [0.717, 1.165) is 0 Å². The summed E-state index contributed by atoms with van der Waals surface area (Å²) in [6.07, 6.45) is 0. The summed E-state index contributed by atoms with van der Waals surface area (Å²) in [6.45, 7) is 8.37. The van der Waals surface area contributed by atoms with Gasteiger partial charge in [-0.05, 0) is 26.0 Å². The van der Waals surface area contributed by atoms with Crippen LogP contribution in [0.2, 0.25) is 0 Å². The van der Waals surface area contributed by atoms with Crippen molar-refractivity contribution >= 4 is 18.1 Å². The standard InChI is InChI=1S/C15H14N/c1-10-4-6-14-12(8-10)13-9-11(2)5-7-15(13)16(14)3/h4-9H,3H2,1-2H3/q+1. The first-order valence-corrected chi connectivity index (χ1v) is 5.49. The highest BCUT2D eigenvalue weighted by Crippen LogP contribution is 2.44. The van der Waals surface area contributed by atoms with Crippen LogP contribution >= 0.6 is 0 Å². The minimum absolute atomic E-state index is 1.20. The number of benzene rings is 2. The first-order chi connectivity index (χ1) is 7.66. The van der Waals surface area contributed by atoms with Crippen LogP contribution < -0.4 is 4.58 Å². The predicted octanol–water partition coefficient (Wildman–Crippen LogP) is 3.82. The Bertz CT molecular complexity index is 555. The second kappa shape index (κ2) is 3.05. The topological polar surface area (TPSA) is 3.01 Å². The predicted molar refractivity (Wildman–Crippen MR) is 69.9 cm³/mol. The lowest BCUT2D eigenvalue weighted by Gasteiger charge is -1.96. The Balaban J connectivity index is 2.37. The van der Waals surface area contributed by atoms with Crippen molar-refractivity contribution in [1.29, 1.82) is 0 Å². The highest BCUT2D eigenvalue weighted by Gasteiger charge is 2.29. The molecule has 2 aromatic rings. The second-order valence-corrected chi connectivity index (χ2v) is 4.47. The Morgan fingerprint density at radius 1 is 0.812 bits per heavy atom. The van der Waals surface area contributed by atoms with Crippen molar-refractivity contribution in [2.45, 2.75) is 13.8 Å². The maximum atomic E-state index is 4.11. The van der Waals surface area contributed by atoms with E-state index in [1.807, 2.05) is 4.58 Å². The minimum Gasteiger partial charge on any atom is -0.166 e. The van der Waals surface area contributed by atoms with E-state index < -0.39 is 0 Å². The van der Waals surface area contributed by atoms with E-state index in [1.165, 1.54) is 33.6 Å². The van der Waals surface area contributed by atoms with Gasteiger partial charge in [-0.15, -0.1) is 0 Å². The zero-order valence-corrected chi connectivity index (χ0v) is 9.62. The molecule has 1 heteroatoms. The summed E-state index contributed by atoms with van der Waals surface area (Å²) in [5.74, 6) is 0. The number of hydrogen-bond donors (Lipinski definition) is 0. The molecule has 78 valence electrons. The third kappa shape index (κ3) is 1.15. The smallest absolute Gasteiger partial charge is 0.166 e. The Labute approximate surface area is 95.7 Å². The van der Waals surface area contributed by atoms with Crippen LogP contribution in [0.1, 0.15) is 11.1 Å². The Hall–Kier alpha value is -1.89. The summed E-state index contributed by atoms with van der Waals surface area (Å²) in [4.78, 5) is 0. The molecule has 16 heavy (non-hydrogen) atoms. The van der Waals surface area contributed by atoms with E-state index in [4.69, 9.17) is 0 Å². The fourth-order valence-corrected chi connectivity index (χ4v) is 2.33. The van der Waals surface area contributed by atoms with Crippen molar-refractivity contribution in [1.82, 2.24) is 4.58 Å². The summed E-state index contributed by atoms with van der Waals surface area (Å²) >= 11 is 0. The zero-order valence-electron chi connectivity index (χ0n) is 9.62. The van der Waals surface area contributed by atoms with Crippen molar-refractivity contribution in [3.63, 3.8) is 0 Å². The number of rotatable bonds is 0. The van der Waals surface area contributed by atoms with Gasteiger partial charge in [0, 0.05) is 12.1 Å². The Morgan fingerprint density at radius 3 is 1.69 bits per heavy atom. The van der Waals surface area contributed by atoms with Crippen LogP contribution in [-0.4, -0.2) is 6.72 Å². The van der Waals surface area contributed by atoms with Crippen molar-refractivity contribution in [2.75, 3.05) is 0 Å². The molecule has 0 aromatic heterocycles. The van der Waals surface area contributed by atoms with Crippen LogP contribution in [0.4, 0.5) is 11.4 Å². The second-order valence-electron chi connectivity index (χ2n) is 4.47. The van der Waals surface area contributed by atoms with Gasteiger partial charge in [0.1, 0.15) is 6.72 Å². The van der Waals surface area contributed by atoms with E-state index in [9.17, 15) is 0 Å². The molecule has 1 aliphatic rings. The third-order valence-electron chi connectivity index (χ3n) is 3.18. The number of hydrogen-bond acceptors (Lipinski definition) is 0. The van der Waals surface area contributed by atoms with Crippen LogP contribution in [0.15, 0.2) is 36.4 Å². The van der Waals surface area contributed by atoms with Crippen molar-refractivity contribution in [3.05, 3.63) is 47.5 Å². The van der Waals surface area contributed by atoms with Gasteiger partial charge in [-0.1, -0.05) is 23.3 Å². The summed E-state index contributed by atoms with van der Waals surface area (Å²) in [5.41, 5.74) is 7.59. The van der Waals surface area contributed by atoms with Crippen molar-refractivity contribution < 1.29 is 0 Å². The van der Waals surface area contributed by atoms with Crippen molar-refractivity contribution in [3.8, 4) is 11.1 Å². The van der Waals surface area contributed by atoms with Gasteiger partial charge in [-0.2, -0.15) is 4.58 Å². The van der Waals surface area contributed by atoms with E-state index in [-0.39, 0.29) is 0 Å². The van der Waals surface area contributed by atoms with Crippen LogP contribution in [0.5, 0.6) is 0 Å².